The lowest BCUT2D eigenvalue weighted by Gasteiger charge is -2.32. The van der Waals surface area contributed by atoms with Crippen molar-refractivity contribution in [3.05, 3.63) is 35.6 Å². The molecule has 0 radical (unpaired) electrons. The number of benzene rings is 1. The van der Waals surface area contributed by atoms with E-state index in [2.05, 4.69) is 0 Å². The summed E-state index contributed by atoms with van der Waals surface area (Å²) in [6, 6.07) is 5.92. The van der Waals surface area contributed by atoms with Crippen molar-refractivity contribution < 1.29 is 14.3 Å². The minimum atomic E-state index is -1.34. The van der Waals surface area contributed by atoms with Gasteiger partial charge < -0.3 is 5.11 Å². The van der Waals surface area contributed by atoms with Gasteiger partial charge in [-0.05, 0) is 27.1 Å². The van der Waals surface area contributed by atoms with Crippen LogP contribution in [-0.4, -0.2) is 30.1 Å². The van der Waals surface area contributed by atoms with Gasteiger partial charge in [0, 0.05) is 5.56 Å². The molecule has 0 saturated carbocycles. The van der Waals surface area contributed by atoms with Gasteiger partial charge in [-0.25, -0.2) is 9.18 Å². The molecular formula is C11H14FNO2. The first-order valence-corrected chi connectivity index (χ1v) is 4.56. The maximum atomic E-state index is 13.5. The van der Waals surface area contributed by atoms with E-state index < -0.39 is 17.3 Å². The maximum Gasteiger partial charge on any atom is 0.328 e. The van der Waals surface area contributed by atoms with E-state index in [0.29, 0.717) is 0 Å². The van der Waals surface area contributed by atoms with Crippen molar-refractivity contribution in [1.82, 2.24) is 4.90 Å². The molecule has 0 saturated heterocycles. The van der Waals surface area contributed by atoms with Crippen LogP contribution in [-0.2, 0) is 10.3 Å². The van der Waals surface area contributed by atoms with Crippen molar-refractivity contribution in [2.45, 2.75) is 12.5 Å². The van der Waals surface area contributed by atoms with Crippen molar-refractivity contribution in [3.8, 4) is 0 Å². The fraction of sp³-hybridized carbons (Fsp3) is 0.364. The Labute approximate surface area is 88.1 Å². The van der Waals surface area contributed by atoms with E-state index in [4.69, 9.17) is 0 Å². The number of carboxylic acid groups (broad SMARTS) is 1. The summed E-state index contributed by atoms with van der Waals surface area (Å²) < 4.78 is 13.5. The third kappa shape index (κ3) is 1.85. The monoisotopic (exact) mass is 211 g/mol. The van der Waals surface area contributed by atoms with Crippen LogP contribution in [0.15, 0.2) is 24.3 Å². The number of rotatable bonds is 3. The summed E-state index contributed by atoms with van der Waals surface area (Å²) in [5.41, 5.74) is -1.17. The van der Waals surface area contributed by atoms with Crippen molar-refractivity contribution in [2.75, 3.05) is 14.1 Å². The van der Waals surface area contributed by atoms with Crippen molar-refractivity contribution in [3.63, 3.8) is 0 Å². The van der Waals surface area contributed by atoms with Gasteiger partial charge >= 0.3 is 5.97 Å². The van der Waals surface area contributed by atoms with Crippen LogP contribution in [0.2, 0.25) is 0 Å². The van der Waals surface area contributed by atoms with Crippen LogP contribution in [0.25, 0.3) is 0 Å². The van der Waals surface area contributed by atoms with E-state index in [1.807, 2.05) is 0 Å². The summed E-state index contributed by atoms with van der Waals surface area (Å²) in [7, 11) is 3.22. The van der Waals surface area contributed by atoms with E-state index in [9.17, 15) is 14.3 Å². The van der Waals surface area contributed by atoms with Crippen LogP contribution in [0, 0.1) is 5.82 Å². The molecule has 1 N–H and O–H groups in total. The van der Waals surface area contributed by atoms with E-state index in [1.54, 1.807) is 20.2 Å². The molecule has 0 fully saturated rings. The molecule has 0 spiro atoms. The highest BCUT2D eigenvalue weighted by molar-refractivity contribution is 5.80. The Balaban J connectivity index is 3.34. The van der Waals surface area contributed by atoms with E-state index >= 15 is 0 Å². The molecule has 15 heavy (non-hydrogen) atoms. The SMILES string of the molecule is CN(C)[C@@](C)(C(=O)O)c1ccccc1F. The molecule has 1 rings (SSSR count). The summed E-state index contributed by atoms with van der Waals surface area (Å²) >= 11 is 0. The van der Waals surface area contributed by atoms with Crippen LogP contribution < -0.4 is 0 Å². The number of likely N-dealkylation sites (N-methyl/N-ethyl adjacent to an activating group) is 1. The Morgan fingerprint density at radius 2 is 1.93 bits per heavy atom. The fourth-order valence-corrected chi connectivity index (χ4v) is 1.40. The number of halogens is 1. The lowest BCUT2D eigenvalue weighted by atomic mass is 9.90. The third-order valence-corrected chi connectivity index (χ3v) is 2.71. The maximum absolute atomic E-state index is 13.5. The number of carboxylic acids is 1. The number of hydrogen-bond donors (Lipinski definition) is 1. The van der Waals surface area contributed by atoms with Gasteiger partial charge in [0.15, 0.2) is 0 Å². The van der Waals surface area contributed by atoms with Gasteiger partial charge in [-0.1, -0.05) is 18.2 Å². The molecule has 3 nitrogen and oxygen atoms in total. The summed E-state index contributed by atoms with van der Waals surface area (Å²) in [5.74, 6) is -1.58. The third-order valence-electron chi connectivity index (χ3n) is 2.71. The Hall–Kier alpha value is -1.42. The lowest BCUT2D eigenvalue weighted by molar-refractivity contribution is -0.149. The zero-order valence-corrected chi connectivity index (χ0v) is 8.99. The Bertz CT molecular complexity index is 379. The standard InChI is InChI=1S/C11H14FNO2/c1-11(10(14)15,13(2)3)8-6-4-5-7-9(8)12/h4-7H,1-3H3,(H,14,15)/t11-/m1/s1. The van der Waals surface area contributed by atoms with Gasteiger partial charge in [-0.3, -0.25) is 4.90 Å². The summed E-state index contributed by atoms with van der Waals surface area (Å²) in [6.07, 6.45) is 0. The first-order chi connectivity index (χ1) is 6.90. The number of carbonyl (C=O) groups is 1. The second kappa shape index (κ2) is 3.98. The topological polar surface area (TPSA) is 40.5 Å². The van der Waals surface area contributed by atoms with Gasteiger partial charge in [-0.15, -0.1) is 0 Å². The molecule has 1 aromatic carbocycles. The largest absolute Gasteiger partial charge is 0.480 e. The Kier molecular flexibility index (Phi) is 3.09. The Morgan fingerprint density at radius 1 is 1.40 bits per heavy atom. The van der Waals surface area contributed by atoms with Crippen LogP contribution in [0.5, 0.6) is 0 Å². The summed E-state index contributed by atoms with van der Waals surface area (Å²) in [6.45, 7) is 1.48. The van der Waals surface area contributed by atoms with E-state index in [1.165, 1.54) is 30.0 Å². The van der Waals surface area contributed by atoms with Crippen molar-refractivity contribution >= 4 is 5.97 Å². The molecule has 0 unspecified atom stereocenters. The molecule has 4 heteroatoms. The Morgan fingerprint density at radius 3 is 2.33 bits per heavy atom. The molecule has 1 aromatic rings. The highest BCUT2D eigenvalue weighted by Gasteiger charge is 2.39. The van der Waals surface area contributed by atoms with Gasteiger partial charge in [0.1, 0.15) is 11.4 Å². The molecule has 82 valence electrons. The molecule has 0 heterocycles. The summed E-state index contributed by atoms with van der Waals surface area (Å²) in [4.78, 5) is 12.7. The first kappa shape index (κ1) is 11.7. The molecular weight excluding hydrogens is 197 g/mol. The predicted molar refractivity (Wildman–Crippen MR) is 55.1 cm³/mol. The van der Waals surface area contributed by atoms with Gasteiger partial charge in [0.2, 0.25) is 0 Å². The van der Waals surface area contributed by atoms with E-state index in [-0.39, 0.29) is 5.56 Å². The van der Waals surface area contributed by atoms with E-state index in [0.717, 1.165) is 0 Å². The molecule has 0 aliphatic carbocycles. The zero-order valence-electron chi connectivity index (χ0n) is 8.99. The van der Waals surface area contributed by atoms with Crippen LogP contribution >= 0.6 is 0 Å². The molecule has 0 aromatic heterocycles. The van der Waals surface area contributed by atoms with Crippen molar-refractivity contribution in [2.24, 2.45) is 0 Å². The second-order valence-corrected chi connectivity index (χ2v) is 3.75. The number of hydrogen-bond acceptors (Lipinski definition) is 2. The average molecular weight is 211 g/mol. The number of nitrogens with zero attached hydrogens (tertiary/aromatic N) is 1. The molecule has 0 aliphatic heterocycles. The lowest BCUT2D eigenvalue weighted by Crippen LogP contribution is -2.46. The molecule has 1 atom stereocenters. The number of aliphatic carboxylic acids is 1. The van der Waals surface area contributed by atoms with Gasteiger partial charge in [0.25, 0.3) is 0 Å². The minimum Gasteiger partial charge on any atom is -0.480 e. The van der Waals surface area contributed by atoms with Crippen LogP contribution in [0.1, 0.15) is 12.5 Å². The minimum absolute atomic E-state index is 0.169. The van der Waals surface area contributed by atoms with Crippen LogP contribution in [0.3, 0.4) is 0 Å². The predicted octanol–water partition coefficient (Wildman–Crippen LogP) is 1.69. The normalized spacial score (nSPS) is 15.0. The van der Waals surface area contributed by atoms with Crippen molar-refractivity contribution in [1.29, 1.82) is 0 Å². The smallest absolute Gasteiger partial charge is 0.328 e. The molecule has 0 bridgehead atoms. The first-order valence-electron chi connectivity index (χ1n) is 4.56. The molecule has 0 amide bonds. The highest BCUT2D eigenvalue weighted by atomic mass is 19.1. The zero-order chi connectivity index (χ0) is 11.6. The highest BCUT2D eigenvalue weighted by Crippen LogP contribution is 2.28. The van der Waals surface area contributed by atoms with Gasteiger partial charge in [0.05, 0.1) is 0 Å². The second-order valence-electron chi connectivity index (χ2n) is 3.75. The van der Waals surface area contributed by atoms with Crippen LogP contribution in [0.4, 0.5) is 4.39 Å². The van der Waals surface area contributed by atoms with Gasteiger partial charge in [-0.2, -0.15) is 0 Å². The molecule has 0 aliphatic rings. The quantitative estimate of drug-likeness (QED) is 0.827. The average Bonchev–Trinajstić information content (AvgIpc) is 2.16. The summed E-state index contributed by atoms with van der Waals surface area (Å²) in [5, 5.41) is 9.17. The fourth-order valence-electron chi connectivity index (χ4n) is 1.40.